The van der Waals surface area contributed by atoms with E-state index in [1.165, 1.54) is 11.1 Å². The number of aliphatic hydroxyl groups excluding tert-OH is 2. The average molecular weight is 489 g/mol. The van der Waals surface area contributed by atoms with Gasteiger partial charge in [0.15, 0.2) is 0 Å². The van der Waals surface area contributed by atoms with Gasteiger partial charge in [-0.2, -0.15) is 0 Å². The minimum Gasteiger partial charge on any atom is -0.481 e. The standard InChI is InChI=1S/C25H34BBrO4/c1-17-8-9-18(14-23(17)27)10-11-20(28)12-13-21-19(16-26)15-24(29)22(21)6-4-2-3-5-7-25(30)31/h2,4,8-9,12-14,19-22,24,28-29H,3,5-7,10-11,15-16H2,1H3,(H,30,31)/t19-,20-,21-,22+,24?/m0/s1. The summed E-state index contributed by atoms with van der Waals surface area (Å²) in [5, 5.41) is 29.7. The third kappa shape index (κ3) is 8.59. The number of unbranched alkanes of at least 4 members (excludes halogenated alkanes) is 1. The molecule has 0 aromatic heterocycles. The highest BCUT2D eigenvalue weighted by molar-refractivity contribution is 9.10. The van der Waals surface area contributed by atoms with Crippen molar-refractivity contribution in [3.63, 3.8) is 0 Å². The van der Waals surface area contributed by atoms with Crippen LogP contribution in [-0.4, -0.2) is 41.3 Å². The zero-order valence-corrected chi connectivity index (χ0v) is 19.9. The van der Waals surface area contributed by atoms with E-state index >= 15 is 0 Å². The van der Waals surface area contributed by atoms with E-state index in [2.05, 4.69) is 41.1 Å². The molecule has 1 aliphatic rings. The number of carbonyl (C=O) groups is 1. The fourth-order valence-corrected chi connectivity index (χ4v) is 4.74. The lowest BCUT2D eigenvalue weighted by atomic mass is 9.79. The molecule has 0 saturated heterocycles. The normalized spacial score (nSPS) is 24.9. The molecule has 6 heteroatoms. The van der Waals surface area contributed by atoms with Gasteiger partial charge in [-0.05, 0) is 80.4 Å². The highest BCUT2D eigenvalue weighted by Crippen LogP contribution is 2.42. The predicted octanol–water partition coefficient (Wildman–Crippen LogP) is 5.01. The first-order chi connectivity index (χ1) is 14.8. The zero-order chi connectivity index (χ0) is 22.8. The highest BCUT2D eigenvalue weighted by Gasteiger charge is 2.39. The first kappa shape index (κ1) is 25.9. The summed E-state index contributed by atoms with van der Waals surface area (Å²) in [4.78, 5) is 10.6. The Bertz CT molecular complexity index is 764. The Hall–Kier alpha value is -1.37. The van der Waals surface area contributed by atoms with E-state index in [4.69, 9.17) is 13.0 Å². The molecular formula is C25H34BBrO4. The van der Waals surface area contributed by atoms with Crippen LogP contribution in [0.25, 0.3) is 0 Å². The fourth-order valence-electron chi connectivity index (χ4n) is 4.32. The van der Waals surface area contributed by atoms with Crippen molar-refractivity contribution in [3.8, 4) is 0 Å². The lowest BCUT2D eigenvalue weighted by Crippen LogP contribution is -2.19. The molecule has 1 aliphatic carbocycles. The van der Waals surface area contributed by atoms with Gasteiger partial charge in [-0.3, -0.25) is 4.79 Å². The number of benzene rings is 1. The lowest BCUT2D eigenvalue weighted by Gasteiger charge is -2.21. The zero-order valence-electron chi connectivity index (χ0n) is 18.3. The van der Waals surface area contributed by atoms with Gasteiger partial charge in [-0.1, -0.05) is 58.7 Å². The van der Waals surface area contributed by atoms with Crippen LogP contribution < -0.4 is 0 Å². The molecule has 3 N–H and O–H groups in total. The molecule has 0 aliphatic heterocycles. The van der Waals surface area contributed by atoms with Crippen LogP contribution in [0.15, 0.2) is 47.0 Å². The van der Waals surface area contributed by atoms with Crippen LogP contribution in [-0.2, 0) is 11.2 Å². The summed E-state index contributed by atoms with van der Waals surface area (Å²) in [5.74, 6) is -0.367. The van der Waals surface area contributed by atoms with Gasteiger partial charge in [0.05, 0.1) is 20.1 Å². The number of carboxylic acids is 1. The van der Waals surface area contributed by atoms with Crippen LogP contribution in [0.5, 0.6) is 0 Å². The second-order valence-electron chi connectivity index (χ2n) is 8.61. The molecule has 1 saturated carbocycles. The van der Waals surface area contributed by atoms with Gasteiger partial charge in [0.25, 0.3) is 0 Å². The molecule has 31 heavy (non-hydrogen) atoms. The Labute approximate surface area is 196 Å². The van der Waals surface area contributed by atoms with Gasteiger partial charge in [-0.15, -0.1) is 0 Å². The molecule has 1 aromatic rings. The van der Waals surface area contributed by atoms with Crippen molar-refractivity contribution in [1.82, 2.24) is 0 Å². The summed E-state index contributed by atoms with van der Waals surface area (Å²) in [6, 6.07) is 6.27. The van der Waals surface area contributed by atoms with Crippen LogP contribution in [0.2, 0.25) is 6.32 Å². The quantitative estimate of drug-likeness (QED) is 0.219. The largest absolute Gasteiger partial charge is 0.481 e. The molecule has 2 radical (unpaired) electrons. The number of hydrogen-bond acceptors (Lipinski definition) is 3. The number of allylic oxidation sites excluding steroid dienone is 3. The number of aliphatic carboxylic acids is 1. The predicted molar refractivity (Wildman–Crippen MR) is 129 cm³/mol. The Morgan fingerprint density at radius 2 is 2.13 bits per heavy atom. The molecule has 2 rings (SSSR count). The fraction of sp³-hybridized carbons (Fsp3) is 0.560. The molecular weight excluding hydrogens is 455 g/mol. The first-order valence-corrected chi connectivity index (χ1v) is 12.0. The van der Waals surface area contributed by atoms with Gasteiger partial charge in [-0.25, -0.2) is 0 Å². The van der Waals surface area contributed by atoms with Crippen LogP contribution in [0.1, 0.15) is 49.7 Å². The van der Waals surface area contributed by atoms with Crippen molar-refractivity contribution in [3.05, 3.63) is 58.1 Å². The van der Waals surface area contributed by atoms with Gasteiger partial charge in [0, 0.05) is 10.9 Å². The number of carboxylic acid groups (broad SMARTS) is 1. The molecule has 0 amide bonds. The van der Waals surface area contributed by atoms with Gasteiger partial charge in [0.1, 0.15) is 0 Å². The number of hydrogen-bond donors (Lipinski definition) is 3. The van der Waals surface area contributed by atoms with Crippen molar-refractivity contribution in [1.29, 1.82) is 0 Å². The number of halogens is 1. The van der Waals surface area contributed by atoms with Crippen molar-refractivity contribution in [2.24, 2.45) is 17.8 Å². The van der Waals surface area contributed by atoms with E-state index in [0.29, 0.717) is 25.6 Å². The van der Waals surface area contributed by atoms with Crippen molar-refractivity contribution in [2.75, 3.05) is 0 Å². The molecule has 0 heterocycles. The molecule has 168 valence electrons. The summed E-state index contributed by atoms with van der Waals surface area (Å²) >= 11 is 3.55. The highest BCUT2D eigenvalue weighted by atomic mass is 79.9. The molecule has 0 bridgehead atoms. The SMILES string of the molecule is [B]C[C@@H]1CC(O)[C@H](CC=CCCCC(=O)O)[C@H]1C=C[C@@H](O)CCc1ccc(C)c(Br)c1. The lowest BCUT2D eigenvalue weighted by molar-refractivity contribution is -0.137. The van der Waals surface area contributed by atoms with Gasteiger partial charge in [0.2, 0.25) is 0 Å². The Balaban J connectivity index is 1.89. The maximum absolute atomic E-state index is 10.6. The van der Waals surface area contributed by atoms with E-state index in [1.54, 1.807) is 0 Å². The second-order valence-corrected chi connectivity index (χ2v) is 9.46. The maximum Gasteiger partial charge on any atom is 0.303 e. The average Bonchev–Trinajstić information content (AvgIpc) is 3.04. The van der Waals surface area contributed by atoms with Crippen LogP contribution in [0.3, 0.4) is 0 Å². The molecule has 0 spiro atoms. The minimum absolute atomic E-state index is 0.0702. The van der Waals surface area contributed by atoms with Gasteiger partial charge >= 0.3 is 5.97 Å². The van der Waals surface area contributed by atoms with E-state index in [1.807, 2.05) is 24.3 Å². The smallest absolute Gasteiger partial charge is 0.303 e. The number of aliphatic hydroxyl groups is 2. The molecule has 1 aromatic carbocycles. The third-order valence-corrected chi connectivity index (χ3v) is 7.09. The number of rotatable bonds is 12. The molecule has 1 unspecified atom stereocenters. The summed E-state index contributed by atoms with van der Waals surface area (Å²) < 4.78 is 1.08. The molecule has 1 fully saturated rings. The van der Waals surface area contributed by atoms with E-state index < -0.39 is 18.2 Å². The van der Waals surface area contributed by atoms with Gasteiger partial charge < -0.3 is 15.3 Å². The Morgan fingerprint density at radius 1 is 1.35 bits per heavy atom. The van der Waals surface area contributed by atoms with Crippen molar-refractivity contribution < 1.29 is 20.1 Å². The summed E-state index contributed by atoms with van der Waals surface area (Å²) in [5.41, 5.74) is 2.38. The first-order valence-electron chi connectivity index (χ1n) is 11.2. The maximum atomic E-state index is 10.6. The van der Waals surface area contributed by atoms with Crippen molar-refractivity contribution >= 4 is 29.7 Å². The summed E-state index contributed by atoms with van der Waals surface area (Å²) in [6.07, 6.45) is 11.9. The number of aryl methyl sites for hydroxylation is 2. The molecule has 4 nitrogen and oxygen atoms in total. The van der Waals surface area contributed by atoms with Crippen molar-refractivity contribution in [2.45, 2.75) is 70.4 Å². The second kappa shape index (κ2) is 13.2. The molecule has 5 atom stereocenters. The van der Waals surface area contributed by atoms with Crippen LogP contribution in [0, 0.1) is 24.7 Å². The van der Waals surface area contributed by atoms with E-state index in [9.17, 15) is 15.0 Å². The monoisotopic (exact) mass is 488 g/mol. The van der Waals surface area contributed by atoms with Crippen LogP contribution in [0.4, 0.5) is 0 Å². The Kier molecular flexibility index (Phi) is 11.1. The van der Waals surface area contributed by atoms with E-state index in [0.717, 1.165) is 23.7 Å². The third-order valence-electron chi connectivity index (χ3n) is 6.24. The topological polar surface area (TPSA) is 77.8 Å². The Morgan fingerprint density at radius 3 is 2.81 bits per heavy atom. The van der Waals surface area contributed by atoms with E-state index in [-0.39, 0.29) is 24.2 Å². The summed E-state index contributed by atoms with van der Waals surface area (Å²) in [6.45, 7) is 2.05. The van der Waals surface area contributed by atoms with Crippen LogP contribution >= 0.6 is 15.9 Å². The summed E-state index contributed by atoms with van der Waals surface area (Å²) in [7, 11) is 5.95. The minimum atomic E-state index is -0.774.